The standard InChI is InChI=1S/C20H15Cl2NO3S/c1-14-7-5-6-10-19(14)23-13-15-11-17(21)20(18(22)12-15)26-27(24,25)16-8-3-2-4-9-16/h2-13H,1H3. The molecular formula is C20H15Cl2NO3S. The highest BCUT2D eigenvalue weighted by Crippen LogP contribution is 2.36. The molecule has 0 N–H and O–H groups in total. The van der Waals surface area contributed by atoms with E-state index in [1.54, 1.807) is 36.5 Å². The smallest absolute Gasteiger partial charge is 0.339 e. The molecule has 27 heavy (non-hydrogen) atoms. The lowest BCUT2D eigenvalue weighted by molar-refractivity contribution is 0.486. The summed E-state index contributed by atoms with van der Waals surface area (Å²) in [7, 11) is -4.03. The van der Waals surface area contributed by atoms with Crippen molar-refractivity contribution in [3.05, 3.63) is 87.9 Å². The number of hydrogen-bond acceptors (Lipinski definition) is 4. The lowest BCUT2D eigenvalue weighted by atomic mass is 10.2. The van der Waals surface area contributed by atoms with Gasteiger partial charge in [-0.2, -0.15) is 8.42 Å². The summed E-state index contributed by atoms with van der Waals surface area (Å²) in [6, 6.07) is 18.5. The first kappa shape index (κ1) is 19.4. The monoisotopic (exact) mass is 419 g/mol. The van der Waals surface area contributed by atoms with Crippen molar-refractivity contribution in [3.63, 3.8) is 0 Å². The molecular weight excluding hydrogens is 405 g/mol. The lowest BCUT2D eigenvalue weighted by Gasteiger charge is -2.11. The first-order valence-electron chi connectivity index (χ1n) is 7.95. The molecule has 0 fully saturated rings. The van der Waals surface area contributed by atoms with Crippen molar-refractivity contribution >= 4 is 45.2 Å². The van der Waals surface area contributed by atoms with Gasteiger partial charge in [0.05, 0.1) is 15.7 Å². The first-order valence-corrected chi connectivity index (χ1v) is 10.1. The second-order valence-corrected chi connectivity index (χ2v) is 8.07. The zero-order chi connectivity index (χ0) is 19.4. The van der Waals surface area contributed by atoms with Crippen molar-refractivity contribution in [1.29, 1.82) is 0 Å². The summed E-state index contributed by atoms with van der Waals surface area (Å²) in [6.45, 7) is 1.96. The van der Waals surface area contributed by atoms with Crippen LogP contribution in [-0.2, 0) is 10.1 Å². The molecule has 0 bridgehead atoms. The molecule has 4 nitrogen and oxygen atoms in total. The summed E-state index contributed by atoms with van der Waals surface area (Å²) in [5.74, 6) is -0.116. The topological polar surface area (TPSA) is 55.7 Å². The number of aliphatic imine (C=N–C) groups is 1. The van der Waals surface area contributed by atoms with Crippen LogP contribution >= 0.6 is 23.2 Å². The Bertz CT molecular complexity index is 1070. The van der Waals surface area contributed by atoms with Gasteiger partial charge in [0.25, 0.3) is 0 Å². The molecule has 0 aliphatic carbocycles. The van der Waals surface area contributed by atoms with E-state index in [2.05, 4.69) is 4.99 Å². The van der Waals surface area contributed by atoms with Crippen molar-refractivity contribution in [3.8, 4) is 5.75 Å². The Balaban J connectivity index is 1.89. The molecule has 0 amide bonds. The third-order valence-corrected chi connectivity index (χ3v) is 5.51. The van der Waals surface area contributed by atoms with Crippen LogP contribution in [0.3, 0.4) is 0 Å². The van der Waals surface area contributed by atoms with Crippen molar-refractivity contribution in [2.75, 3.05) is 0 Å². The maximum Gasteiger partial charge on any atom is 0.339 e. The highest BCUT2D eigenvalue weighted by atomic mass is 35.5. The van der Waals surface area contributed by atoms with Crippen molar-refractivity contribution < 1.29 is 12.6 Å². The van der Waals surface area contributed by atoms with Crippen molar-refractivity contribution in [2.24, 2.45) is 4.99 Å². The van der Waals surface area contributed by atoms with Gasteiger partial charge >= 0.3 is 10.1 Å². The predicted octanol–water partition coefficient (Wildman–Crippen LogP) is 5.82. The molecule has 0 heterocycles. The number of para-hydroxylation sites is 1. The van der Waals surface area contributed by atoms with Gasteiger partial charge in [-0.15, -0.1) is 0 Å². The van der Waals surface area contributed by atoms with Crippen molar-refractivity contribution in [1.82, 2.24) is 0 Å². The minimum Gasteiger partial charge on any atom is -0.376 e. The summed E-state index contributed by atoms with van der Waals surface area (Å²) in [6.07, 6.45) is 1.61. The normalized spacial score (nSPS) is 11.7. The Morgan fingerprint density at radius 3 is 2.15 bits per heavy atom. The Labute approximate surface area is 168 Å². The van der Waals surface area contributed by atoms with E-state index in [0.717, 1.165) is 11.3 Å². The zero-order valence-electron chi connectivity index (χ0n) is 14.3. The van der Waals surface area contributed by atoms with Gasteiger partial charge < -0.3 is 4.18 Å². The van der Waals surface area contributed by atoms with E-state index < -0.39 is 10.1 Å². The molecule has 0 aromatic heterocycles. The molecule has 0 saturated carbocycles. The number of nitrogens with zero attached hydrogens (tertiary/aromatic N) is 1. The van der Waals surface area contributed by atoms with Crippen LogP contribution in [0.1, 0.15) is 11.1 Å². The van der Waals surface area contributed by atoms with E-state index in [0.29, 0.717) is 5.56 Å². The van der Waals surface area contributed by atoms with E-state index in [4.69, 9.17) is 27.4 Å². The zero-order valence-corrected chi connectivity index (χ0v) is 16.6. The summed E-state index contributed by atoms with van der Waals surface area (Å²) < 4.78 is 29.9. The second kappa shape index (κ2) is 8.13. The van der Waals surface area contributed by atoms with Gasteiger partial charge in [-0.05, 0) is 48.4 Å². The molecule has 0 atom stereocenters. The van der Waals surface area contributed by atoms with Crippen LogP contribution in [0.15, 0.2) is 76.6 Å². The maximum absolute atomic E-state index is 12.4. The highest BCUT2D eigenvalue weighted by Gasteiger charge is 2.20. The van der Waals surface area contributed by atoms with E-state index >= 15 is 0 Å². The lowest BCUT2D eigenvalue weighted by Crippen LogP contribution is -2.10. The van der Waals surface area contributed by atoms with E-state index in [1.807, 2.05) is 31.2 Å². The molecule has 3 aromatic carbocycles. The Hall–Kier alpha value is -2.34. The number of benzene rings is 3. The molecule has 3 aromatic rings. The third-order valence-electron chi connectivity index (χ3n) is 3.71. The van der Waals surface area contributed by atoms with E-state index in [1.165, 1.54) is 12.1 Å². The minimum absolute atomic E-state index is 0.0160. The predicted molar refractivity (Wildman–Crippen MR) is 109 cm³/mol. The Morgan fingerprint density at radius 2 is 1.52 bits per heavy atom. The van der Waals surface area contributed by atoms with Crippen LogP contribution in [0.25, 0.3) is 0 Å². The summed E-state index contributed by atoms with van der Waals surface area (Å²) >= 11 is 12.4. The fourth-order valence-corrected chi connectivity index (χ4v) is 3.99. The van der Waals surface area contributed by atoms with Crippen LogP contribution < -0.4 is 4.18 Å². The Morgan fingerprint density at radius 1 is 0.926 bits per heavy atom. The van der Waals surface area contributed by atoms with Gasteiger partial charge in [0, 0.05) is 6.21 Å². The third kappa shape index (κ3) is 4.69. The average molecular weight is 420 g/mol. The average Bonchev–Trinajstić information content (AvgIpc) is 2.65. The number of rotatable bonds is 5. The summed E-state index contributed by atoms with van der Waals surface area (Å²) in [5.41, 5.74) is 2.47. The summed E-state index contributed by atoms with van der Waals surface area (Å²) in [4.78, 5) is 4.42. The van der Waals surface area contributed by atoms with Gasteiger partial charge in [-0.1, -0.05) is 59.6 Å². The number of halogens is 2. The number of hydrogen-bond donors (Lipinski definition) is 0. The van der Waals surface area contributed by atoms with E-state index in [9.17, 15) is 8.42 Å². The van der Waals surface area contributed by atoms with Crippen LogP contribution in [0.5, 0.6) is 5.75 Å². The van der Waals surface area contributed by atoms with Gasteiger partial charge in [-0.3, -0.25) is 4.99 Å². The van der Waals surface area contributed by atoms with Crippen molar-refractivity contribution in [2.45, 2.75) is 11.8 Å². The largest absolute Gasteiger partial charge is 0.376 e. The van der Waals surface area contributed by atoms with Crippen LogP contribution in [0, 0.1) is 6.92 Å². The molecule has 0 spiro atoms. The molecule has 138 valence electrons. The fraction of sp³-hybridized carbons (Fsp3) is 0.0500. The SMILES string of the molecule is Cc1ccccc1N=Cc1cc(Cl)c(OS(=O)(=O)c2ccccc2)c(Cl)c1. The van der Waals surface area contributed by atoms with Gasteiger partial charge in [0.15, 0.2) is 5.75 Å². The summed E-state index contributed by atoms with van der Waals surface area (Å²) in [5, 5.41) is 0.154. The minimum atomic E-state index is -4.03. The quantitative estimate of drug-likeness (QED) is 0.386. The maximum atomic E-state index is 12.4. The fourth-order valence-electron chi connectivity index (χ4n) is 2.33. The number of aryl methyl sites for hydroxylation is 1. The molecule has 3 rings (SSSR count). The molecule has 7 heteroatoms. The van der Waals surface area contributed by atoms with Crippen LogP contribution in [0.2, 0.25) is 10.0 Å². The van der Waals surface area contributed by atoms with E-state index in [-0.39, 0.29) is 20.7 Å². The molecule has 0 unspecified atom stereocenters. The molecule has 0 saturated heterocycles. The molecule has 0 aliphatic rings. The van der Waals surface area contributed by atoms with Crippen LogP contribution in [0.4, 0.5) is 5.69 Å². The van der Waals surface area contributed by atoms with Crippen LogP contribution in [-0.4, -0.2) is 14.6 Å². The molecule has 0 aliphatic heterocycles. The van der Waals surface area contributed by atoms with Gasteiger partial charge in [0.2, 0.25) is 0 Å². The highest BCUT2D eigenvalue weighted by molar-refractivity contribution is 7.87. The first-order chi connectivity index (χ1) is 12.9. The van der Waals surface area contributed by atoms with Gasteiger partial charge in [0.1, 0.15) is 4.90 Å². The Kier molecular flexibility index (Phi) is 5.85. The van der Waals surface area contributed by atoms with Gasteiger partial charge in [-0.25, -0.2) is 0 Å². The second-order valence-electron chi connectivity index (χ2n) is 5.71. The molecule has 0 radical (unpaired) electrons.